The van der Waals surface area contributed by atoms with Gasteiger partial charge < -0.3 is 20.1 Å². The fraction of sp³-hybridized carbons (Fsp3) is 0.476. The minimum Gasteiger partial charge on any atom is -0.494 e. The maximum Gasteiger partial charge on any atom is 0.350 e. The third-order valence-corrected chi connectivity index (χ3v) is 5.34. The van der Waals surface area contributed by atoms with Crippen LogP contribution >= 0.6 is 35.3 Å². The number of rotatable bonds is 9. The van der Waals surface area contributed by atoms with E-state index in [2.05, 4.69) is 20.6 Å². The zero-order chi connectivity index (χ0) is 21.2. The fourth-order valence-corrected chi connectivity index (χ4v) is 3.63. The zero-order valence-electron chi connectivity index (χ0n) is 18.2. The highest BCUT2D eigenvalue weighted by Crippen LogP contribution is 2.24. The van der Waals surface area contributed by atoms with E-state index >= 15 is 0 Å². The Bertz CT molecular complexity index is 841. The van der Waals surface area contributed by atoms with Gasteiger partial charge in [0.05, 0.1) is 31.5 Å². The predicted octanol–water partition coefficient (Wildman–Crippen LogP) is 4.46. The number of ether oxygens (including phenoxy) is 2. The Morgan fingerprint density at radius 3 is 2.63 bits per heavy atom. The van der Waals surface area contributed by atoms with Gasteiger partial charge in [0.2, 0.25) is 0 Å². The number of carbonyl (C=O) groups excluding carboxylic acids is 1. The lowest BCUT2D eigenvalue weighted by molar-refractivity contribution is 0.0531. The van der Waals surface area contributed by atoms with E-state index < -0.39 is 0 Å². The third-order valence-electron chi connectivity index (χ3n) is 4.02. The van der Waals surface area contributed by atoms with Gasteiger partial charge >= 0.3 is 5.97 Å². The van der Waals surface area contributed by atoms with Gasteiger partial charge in [0.15, 0.2) is 5.96 Å². The first-order chi connectivity index (χ1) is 14.0. The SMILES string of the molecule is CCNC(=NCc1ccccc1OCC)NC(C)c1nc(C)c(C(=O)OCC)s1.I. The van der Waals surface area contributed by atoms with Crippen molar-refractivity contribution in [2.45, 2.75) is 47.2 Å². The Morgan fingerprint density at radius 2 is 1.97 bits per heavy atom. The number of nitrogens with one attached hydrogen (secondary N) is 2. The first kappa shape index (κ1) is 26.2. The number of aromatic nitrogens is 1. The number of hydrogen-bond acceptors (Lipinski definition) is 6. The van der Waals surface area contributed by atoms with E-state index in [1.54, 1.807) is 6.92 Å². The number of guanidine groups is 1. The van der Waals surface area contributed by atoms with Crippen molar-refractivity contribution in [2.75, 3.05) is 19.8 Å². The average Bonchev–Trinajstić information content (AvgIpc) is 3.09. The van der Waals surface area contributed by atoms with Crippen molar-refractivity contribution in [1.29, 1.82) is 0 Å². The number of carbonyl (C=O) groups is 1. The Kier molecular flexibility index (Phi) is 11.7. The number of aliphatic imine (C=N–C) groups is 1. The van der Waals surface area contributed by atoms with Crippen LogP contribution in [0.3, 0.4) is 0 Å². The highest BCUT2D eigenvalue weighted by atomic mass is 127. The van der Waals surface area contributed by atoms with Crippen molar-refractivity contribution in [3.8, 4) is 5.75 Å². The largest absolute Gasteiger partial charge is 0.494 e. The summed E-state index contributed by atoms with van der Waals surface area (Å²) in [5.74, 6) is 1.20. The molecule has 2 N–H and O–H groups in total. The van der Waals surface area contributed by atoms with E-state index in [-0.39, 0.29) is 36.0 Å². The maximum atomic E-state index is 12.1. The molecular formula is C21H31IN4O3S. The van der Waals surface area contributed by atoms with Crippen LogP contribution in [0.25, 0.3) is 0 Å². The number of aryl methyl sites for hydroxylation is 1. The molecule has 0 spiro atoms. The summed E-state index contributed by atoms with van der Waals surface area (Å²) in [7, 11) is 0. The van der Waals surface area contributed by atoms with E-state index in [4.69, 9.17) is 9.47 Å². The number of nitrogens with zero attached hydrogens (tertiary/aromatic N) is 2. The first-order valence-corrected chi connectivity index (χ1v) is 10.7. The highest BCUT2D eigenvalue weighted by molar-refractivity contribution is 14.0. The summed E-state index contributed by atoms with van der Waals surface area (Å²) in [5, 5.41) is 7.43. The van der Waals surface area contributed by atoms with Crippen LogP contribution < -0.4 is 15.4 Å². The summed E-state index contributed by atoms with van der Waals surface area (Å²) in [6.45, 7) is 11.8. The topological polar surface area (TPSA) is 84.8 Å². The number of hydrogen-bond donors (Lipinski definition) is 2. The summed E-state index contributed by atoms with van der Waals surface area (Å²) in [6, 6.07) is 7.78. The van der Waals surface area contributed by atoms with Gasteiger partial charge in [-0.1, -0.05) is 18.2 Å². The summed E-state index contributed by atoms with van der Waals surface area (Å²) < 4.78 is 10.8. The molecule has 0 amide bonds. The van der Waals surface area contributed by atoms with Gasteiger partial charge in [0.1, 0.15) is 15.6 Å². The van der Waals surface area contributed by atoms with E-state index in [1.165, 1.54) is 11.3 Å². The van der Waals surface area contributed by atoms with Crippen molar-refractivity contribution in [3.63, 3.8) is 0 Å². The van der Waals surface area contributed by atoms with Crippen molar-refractivity contribution in [3.05, 3.63) is 45.4 Å². The summed E-state index contributed by atoms with van der Waals surface area (Å²) in [5.41, 5.74) is 1.71. The molecule has 166 valence electrons. The molecule has 1 heterocycles. The zero-order valence-corrected chi connectivity index (χ0v) is 21.3. The maximum absolute atomic E-state index is 12.1. The first-order valence-electron chi connectivity index (χ1n) is 9.90. The second-order valence-electron chi connectivity index (χ2n) is 6.29. The molecule has 0 saturated heterocycles. The van der Waals surface area contributed by atoms with E-state index in [0.717, 1.165) is 22.9 Å². The molecule has 30 heavy (non-hydrogen) atoms. The van der Waals surface area contributed by atoms with Crippen molar-refractivity contribution in [1.82, 2.24) is 15.6 Å². The second kappa shape index (κ2) is 13.4. The van der Waals surface area contributed by atoms with Gasteiger partial charge in [-0.25, -0.2) is 14.8 Å². The number of esters is 1. The summed E-state index contributed by atoms with van der Waals surface area (Å²) in [6.07, 6.45) is 0. The van der Waals surface area contributed by atoms with E-state index in [0.29, 0.717) is 36.3 Å². The number of para-hydroxylation sites is 1. The minimum atomic E-state index is -0.325. The van der Waals surface area contributed by atoms with Crippen molar-refractivity contribution in [2.24, 2.45) is 4.99 Å². The Hall–Kier alpha value is -1.88. The van der Waals surface area contributed by atoms with Crippen LogP contribution in [0, 0.1) is 6.92 Å². The lowest BCUT2D eigenvalue weighted by atomic mass is 10.2. The monoisotopic (exact) mass is 546 g/mol. The van der Waals surface area contributed by atoms with E-state index in [1.807, 2.05) is 52.0 Å². The Balaban J connectivity index is 0.00000450. The Morgan fingerprint density at radius 1 is 1.23 bits per heavy atom. The van der Waals surface area contributed by atoms with Crippen molar-refractivity contribution < 1.29 is 14.3 Å². The molecule has 2 rings (SSSR count). The predicted molar refractivity (Wildman–Crippen MR) is 132 cm³/mol. The molecule has 1 aromatic heterocycles. The molecule has 9 heteroatoms. The lowest BCUT2D eigenvalue weighted by Gasteiger charge is -2.16. The lowest BCUT2D eigenvalue weighted by Crippen LogP contribution is -2.38. The average molecular weight is 546 g/mol. The molecule has 0 aliphatic rings. The Labute approximate surface area is 199 Å². The number of benzene rings is 1. The van der Waals surface area contributed by atoms with Crippen LogP contribution in [0.4, 0.5) is 0 Å². The number of thiazole rings is 1. The number of halogens is 1. The molecule has 0 bridgehead atoms. The molecule has 0 aliphatic carbocycles. The highest BCUT2D eigenvalue weighted by Gasteiger charge is 2.20. The molecule has 0 saturated carbocycles. The van der Waals surface area contributed by atoms with Gasteiger partial charge in [0.25, 0.3) is 0 Å². The molecule has 7 nitrogen and oxygen atoms in total. The van der Waals surface area contributed by atoms with Crippen LogP contribution in [0.15, 0.2) is 29.3 Å². The third kappa shape index (κ3) is 7.42. The van der Waals surface area contributed by atoms with Gasteiger partial charge in [-0.2, -0.15) is 0 Å². The van der Waals surface area contributed by atoms with Crippen LogP contribution in [0.1, 0.15) is 59.7 Å². The summed E-state index contributed by atoms with van der Waals surface area (Å²) >= 11 is 1.35. The molecule has 0 fully saturated rings. The standard InChI is InChI=1S/C21H30N4O3S.HI/c1-6-22-21(23-13-16-11-9-10-12-17(16)27-7-2)25-15(5)19-24-14(4)18(29-19)20(26)28-8-3;/h9-12,15H,6-8,13H2,1-5H3,(H2,22,23,25);1H. The molecule has 1 atom stereocenters. The van der Waals surface area contributed by atoms with E-state index in [9.17, 15) is 4.79 Å². The van der Waals surface area contributed by atoms with Gasteiger partial charge in [0, 0.05) is 12.1 Å². The van der Waals surface area contributed by atoms with Gasteiger partial charge in [-0.05, 0) is 40.7 Å². The van der Waals surface area contributed by atoms with Gasteiger partial charge in [-0.3, -0.25) is 0 Å². The van der Waals surface area contributed by atoms with Crippen LogP contribution in [-0.2, 0) is 11.3 Å². The smallest absolute Gasteiger partial charge is 0.350 e. The normalized spacial score (nSPS) is 12.0. The van der Waals surface area contributed by atoms with Crippen LogP contribution in [0.2, 0.25) is 0 Å². The molecule has 2 aromatic rings. The molecule has 1 unspecified atom stereocenters. The molecular weight excluding hydrogens is 515 g/mol. The van der Waals surface area contributed by atoms with Crippen LogP contribution in [0.5, 0.6) is 5.75 Å². The second-order valence-corrected chi connectivity index (χ2v) is 7.32. The molecule has 0 radical (unpaired) electrons. The quantitative estimate of drug-likeness (QED) is 0.209. The van der Waals surface area contributed by atoms with Crippen LogP contribution in [-0.4, -0.2) is 36.7 Å². The molecule has 1 aromatic carbocycles. The fourth-order valence-electron chi connectivity index (χ4n) is 2.67. The minimum absolute atomic E-state index is 0. The van der Waals surface area contributed by atoms with Crippen molar-refractivity contribution >= 4 is 47.2 Å². The van der Waals surface area contributed by atoms with Gasteiger partial charge in [-0.15, -0.1) is 35.3 Å². The summed E-state index contributed by atoms with van der Waals surface area (Å²) in [4.78, 5) is 21.8. The molecule has 0 aliphatic heterocycles.